The van der Waals surface area contributed by atoms with Crippen LogP contribution < -0.4 is 4.74 Å². The number of rotatable bonds is 3. The Morgan fingerprint density at radius 2 is 2.07 bits per heavy atom. The fourth-order valence-electron chi connectivity index (χ4n) is 1.24. The first kappa shape index (κ1) is 9.64. The number of aromatic nitrogens is 3. The molecule has 4 nitrogen and oxygen atoms in total. The number of methoxy groups -OCH3 is 1. The number of H-pyrrole nitrogens is 1. The fraction of sp³-hybridized carbons (Fsp3) is 0.200. The van der Waals surface area contributed by atoms with Crippen molar-refractivity contribution in [2.75, 3.05) is 7.11 Å². The Morgan fingerprint density at radius 3 is 2.67 bits per heavy atom. The van der Waals surface area contributed by atoms with Crippen molar-refractivity contribution >= 4 is 0 Å². The Balaban J connectivity index is 2.11. The lowest BCUT2D eigenvalue weighted by Crippen LogP contribution is -1.91. The number of hydrogen-bond donors (Lipinski definition) is 1. The van der Waals surface area contributed by atoms with Crippen LogP contribution in [-0.2, 0) is 6.42 Å². The van der Waals surface area contributed by atoms with E-state index < -0.39 is 0 Å². The first-order valence-corrected chi connectivity index (χ1v) is 4.47. The maximum atomic E-state index is 12.6. The smallest absolute Gasteiger partial charge is 0.335 e. The summed E-state index contributed by atoms with van der Waals surface area (Å²) in [5.41, 5.74) is 0.968. The quantitative estimate of drug-likeness (QED) is 0.830. The molecule has 1 N–H and O–H groups in total. The van der Waals surface area contributed by atoms with E-state index >= 15 is 0 Å². The summed E-state index contributed by atoms with van der Waals surface area (Å²) >= 11 is 0. The highest BCUT2D eigenvalue weighted by atomic mass is 19.1. The largest absolute Gasteiger partial charge is 0.466 e. The van der Waals surface area contributed by atoms with Crippen LogP contribution in [0.3, 0.4) is 0 Å². The van der Waals surface area contributed by atoms with Crippen molar-refractivity contribution in [3.05, 3.63) is 41.5 Å². The standard InChI is InChI=1S/C10H10FN3O/c1-15-10-12-9(13-14-10)6-7-2-4-8(11)5-3-7/h2-5H,6H2,1H3,(H,12,13,14). The molecule has 0 amide bonds. The zero-order valence-corrected chi connectivity index (χ0v) is 8.20. The summed E-state index contributed by atoms with van der Waals surface area (Å²) in [5, 5.41) is 6.56. The Labute approximate surface area is 86.1 Å². The van der Waals surface area contributed by atoms with Crippen LogP contribution in [0, 0.1) is 5.82 Å². The molecule has 0 radical (unpaired) electrons. The van der Waals surface area contributed by atoms with Crippen LogP contribution in [0.25, 0.3) is 0 Å². The molecule has 0 fully saturated rings. The zero-order valence-electron chi connectivity index (χ0n) is 8.20. The van der Waals surface area contributed by atoms with Gasteiger partial charge in [-0.15, -0.1) is 5.10 Å². The van der Waals surface area contributed by atoms with E-state index in [-0.39, 0.29) is 5.82 Å². The predicted octanol–water partition coefficient (Wildman–Crippen LogP) is 1.54. The number of nitrogens with zero attached hydrogens (tertiary/aromatic N) is 2. The van der Waals surface area contributed by atoms with Gasteiger partial charge in [-0.25, -0.2) is 4.39 Å². The van der Waals surface area contributed by atoms with Gasteiger partial charge in [0, 0.05) is 6.42 Å². The minimum atomic E-state index is -0.242. The number of ether oxygens (including phenoxy) is 1. The summed E-state index contributed by atoms with van der Waals surface area (Å²) in [6.45, 7) is 0. The third-order valence-electron chi connectivity index (χ3n) is 1.98. The van der Waals surface area contributed by atoms with Crippen LogP contribution in [0.1, 0.15) is 11.4 Å². The summed E-state index contributed by atoms with van der Waals surface area (Å²) in [6, 6.07) is 6.58. The van der Waals surface area contributed by atoms with Gasteiger partial charge in [-0.2, -0.15) is 4.98 Å². The lowest BCUT2D eigenvalue weighted by atomic mass is 10.1. The highest BCUT2D eigenvalue weighted by Crippen LogP contribution is 2.08. The molecule has 0 unspecified atom stereocenters. The highest BCUT2D eigenvalue weighted by molar-refractivity contribution is 5.19. The number of halogens is 1. The van der Waals surface area contributed by atoms with Crippen molar-refractivity contribution in [1.82, 2.24) is 15.2 Å². The van der Waals surface area contributed by atoms with E-state index in [1.54, 1.807) is 12.1 Å². The van der Waals surface area contributed by atoms with Gasteiger partial charge in [0.15, 0.2) is 0 Å². The van der Waals surface area contributed by atoms with E-state index in [0.717, 1.165) is 5.56 Å². The Kier molecular flexibility index (Phi) is 2.62. The summed E-state index contributed by atoms with van der Waals surface area (Å²) < 4.78 is 17.5. The Morgan fingerprint density at radius 1 is 1.33 bits per heavy atom. The maximum absolute atomic E-state index is 12.6. The van der Waals surface area contributed by atoms with Crippen LogP contribution in [-0.4, -0.2) is 22.3 Å². The number of aromatic amines is 1. The van der Waals surface area contributed by atoms with Gasteiger partial charge in [0.05, 0.1) is 7.11 Å². The molecular weight excluding hydrogens is 197 g/mol. The first-order chi connectivity index (χ1) is 7.28. The molecule has 1 aromatic heterocycles. The molecule has 0 bridgehead atoms. The highest BCUT2D eigenvalue weighted by Gasteiger charge is 2.03. The van der Waals surface area contributed by atoms with Gasteiger partial charge in [0.2, 0.25) is 0 Å². The summed E-state index contributed by atoms with van der Waals surface area (Å²) in [4.78, 5) is 4.06. The van der Waals surface area contributed by atoms with Gasteiger partial charge < -0.3 is 4.74 Å². The summed E-state index contributed by atoms with van der Waals surface area (Å²) in [6.07, 6.45) is 0.580. The van der Waals surface area contributed by atoms with E-state index in [9.17, 15) is 4.39 Å². The van der Waals surface area contributed by atoms with Crippen molar-refractivity contribution in [2.45, 2.75) is 6.42 Å². The van der Waals surface area contributed by atoms with Gasteiger partial charge >= 0.3 is 6.01 Å². The third kappa shape index (κ3) is 2.31. The molecule has 5 heteroatoms. The van der Waals surface area contributed by atoms with Gasteiger partial charge in [-0.1, -0.05) is 12.1 Å². The van der Waals surface area contributed by atoms with Gasteiger partial charge in [0.1, 0.15) is 11.6 Å². The predicted molar refractivity (Wildman–Crippen MR) is 52.1 cm³/mol. The molecule has 0 spiro atoms. The molecule has 0 saturated heterocycles. The van der Waals surface area contributed by atoms with E-state index in [0.29, 0.717) is 18.3 Å². The average molecular weight is 207 g/mol. The average Bonchev–Trinajstić information content (AvgIpc) is 2.69. The van der Waals surface area contributed by atoms with Crippen molar-refractivity contribution in [3.63, 3.8) is 0 Å². The van der Waals surface area contributed by atoms with Crippen molar-refractivity contribution in [2.24, 2.45) is 0 Å². The molecule has 78 valence electrons. The second-order valence-electron chi connectivity index (χ2n) is 3.07. The molecule has 1 aromatic carbocycles. The Bertz CT molecular complexity index is 438. The molecule has 2 aromatic rings. The summed E-state index contributed by atoms with van der Waals surface area (Å²) in [5.74, 6) is 0.451. The molecule has 0 aliphatic rings. The van der Waals surface area contributed by atoms with Gasteiger partial charge in [0.25, 0.3) is 0 Å². The molecule has 0 atom stereocenters. The molecular formula is C10H10FN3O. The first-order valence-electron chi connectivity index (χ1n) is 4.47. The second-order valence-corrected chi connectivity index (χ2v) is 3.07. The molecule has 0 saturated carbocycles. The van der Waals surface area contributed by atoms with Crippen LogP contribution in [0.15, 0.2) is 24.3 Å². The Hall–Kier alpha value is -1.91. The van der Waals surface area contributed by atoms with Crippen LogP contribution in [0.2, 0.25) is 0 Å². The molecule has 2 rings (SSSR count). The van der Waals surface area contributed by atoms with E-state index in [4.69, 9.17) is 4.74 Å². The molecule has 0 aliphatic heterocycles. The van der Waals surface area contributed by atoms with Crippen molar-refractivity contribution < 1.29 is 9.13 Å². The van der Waals surface area contributed by atoms with E-state index in [2.05, 4.69) is 15.2 Å². The molecule has 0 aliphatic carbocycles. The van der Waals surface area contributed by atoms with Crippen LogP contribution in [0.5, 0.6) is 6.01 Å². The summed E-state index contributed by atoms with van der Waals surface area (Å²) in [7, 11) is 1.50. The lowest BCUT2D eigenvalue weighted by molar-refractivity contribution is 0.381. The monoisotopic (exact) mass is 207 g/mol. The number of benzene rings is 1. The third-order valence-corrected chi connectivity index (χ3v) is 1.98. The van der Waals surface area contributed by atoms with Gasteiger partial charge in [-0.05, 0) is 17.7 Å². The fourth-order valence-corrected chi connectivity index (χ4v) is 1.24. The SMILES string of the molecule is COc1n[nH]c(Cc2ccc(F)cc2)n1. The topological polar surface area (TPSA) is 50.8 Å². The lowest BCUT2D eigenvalue weighted by Gasteiger charge is -1.96. The van der Waals surface area contributed by atoms with Crippen LogP contribution >= 0.6 is 0 Å². The minimum Gasteiger partial charge on any atom is -0.466 e. The van der Waals surface area contributed by atoms with Crippen LogP contribution in [0.4, 0.5) is 4.39 Å². The van der Waals surface area contributed by atoms with E-state index in [1.807, 2.05) is 0 Å². The maximum Gasteiger partial charge on any atom is 0.335 e. The minimum absolute atomic E-state index is 0.242. The van der Waals surface area contributed by atoms with E-state index in [1.165, 1.54) is 19.2 Å². The van der Waals surface area contributed by atoms with Crippen molar-refractivity contribution in [3.8, 4) is 6.01 Å². The van der Waals surface area contributed by atoms with Crippen molar-refractivity contribution in [1.29, 1.82) is 0 Å². The normalized spacial score (nSPS) is 10.3. The number of hydrogen-bond acceptors (Lipinski definition) is 3. The number of nitrogens with one attached hydrogen (secondary N) is 1. The van der Waals surface area contributed by atoms with Gasteiger partial charge in [-0.3, -0.25) is 5.10 Å². The second kappa shape index (κ2) is 4.08. The zero-order chi connectivity index (χ0) is 10.7. The molecule has 15 heavy (non-hydrogen) atoms. The molecule has 1 heterocycles.